The molecule has 0 atom stereocenters. The second-order valence-electron chi connectivity index (χ2n) is 7.45. The highest BCUT2D eigenvalue weighted by Gasteiger charge is 2.33. The number of amides is 1. The van der Waals surface area contributed by atoms with E-state index in [0.29, 0.717) is 0 Å². The van der Waals surface area contributed by atoms with Crippen LogP contribution < -0.4 is 10.2 Å². The van der Waals surface area contributed by atoms with Crippen LogP contribution in [0.1, 0.15) is 40.5 Å². The molecule has 1 aliphatic heterocycles. The molecular weight excluding hydrogens is 310 g/mol. The smallest absolute Gasteiger partial charge is 0.408 e. The van der Waals surface area contributed by atoms with E-state index in [-0.39, 0.29) is 11.2 Å². The van der Waals surface area contributed by atoms with Gasteiger partial charge in [-0.2, -0.15) is 0 Å². The second-order valence-corrected chi connectivity index (χ2v) is 7.45. The van der Waals surface area contributed by atoms with Crippen molar-refractivity contribution in [3.63, 3.8) is 0 Å². The minimum atomic E-state index is -0.514. The van der Waals surface area contributed by atoms with E-state index in [4.69, 9.17) is 4.74 Å². The molecule has 0 unspecified atom stereocenters. The number of nitro benzene ring substituents is 1. The number of non-ortho nitro benzene ring substituents is 1. The van der Waals surface area contributed by atoms with E-state index >= 15 is 0 Å². The van der Waals surface area contributed by atoms with Crippen molar-refractivity contribution in [3.8, 4) is 0 Å². The molecule has 0 spiro atoms. The van der Waals surface area contributed by atoms with Crippen LogP contribution in [0.2, 0.25) is 0 Å². The van der Waals surface area contributed by atoms with Crippen LogP contribution in [0.4, 0.5) is 16.2 Å². The molecule has 132 valence electrons. The van der Waals surface area contributed by atoms with Crippen LogP contribution in [-0.2, 0) is 4.74 Å². The minimum Gasteiger partial charge on any atom is -0.444 e. The third-order valence-corrected chi connectivity index (χ3v) is 4.10. The Hall–Kier alpha value is -2.31. The molecule has 0 aliphatic carbocycles. The molecule has 7 nitrogen and oxygen atoms in total. The van der Waals surface area contributed by atoms with Crippen molar-refractivity contribution in [2.24, 2.45) is 0 Å². The number of nitrogens with one attached hydrogen (secondary N) is 1. The summed E-state index contributed by atoms with van der Waals surface area (Å²) in [5.41, 5.74) is 0.228. The molecule has 2 rings (SSSR count). The Kier molecular flexibility index (Phi) is 5.01. The number of hydrogen-bond donors (Lipinski definition) is 1. The largest absolute Gasteiger partial charge is 0.444 e. The molecule has 0 saturated carbocycles. The summed E-state index contributed by atoms with van der Waals surface area (Å²) >= 11 is 0. The van der Waals surface area contributed by atoms with Gasteiger partial charge < -0.3 is 15.0 Å². The lowest BCUT2D eigenvalue weighted by Gasteiger charge is -2.41. The Morgan fingerprint density at radius 2 is 1.79 bits per heavy atom. The van der Waals surface area contributed by atoms with Gasteiger partial charge in [0.15, 0.2) is 0 Å². The molecule has 1 aromatic carbocycles. The molecular formula is C17H25N3O4. The van der Waals surface area contributed by atoms with E-state index in [1.165, 1.54) is 12.1 Å². The van der Waals surface area contributed by atoms with Gasteiger partial charge in [0.25, 0.3) is 5.69 Å². The molecule has 1 saturated heterocycles. The first-order valence-corrected chi connectivity index (χ1v) is 8.09. The number of carbonyl (C=O) groups is 1. The zero-order chi connectivity index (χ0) is 18.0. The van der Waals surface area contributed by atoms with Crippen molar-refractivity contribution in [3.05, 3.63) is 34.4 Å². The van der Waals surface area contributed by atoms with Gasteiger partial charge in [-0.05, 0) is 52.7 Å². The average Bonchev–Trinajstić information content (AvgIpc) is 2.45. The van der Waals surface area contributed by atoms with E-state index in [9.17, 15) is 14.9 Å². The van der Waals surface area contributed by atoms with Gasteiger partial charge in [-0.1, -0.05) is 0 Å². The number of hydrogen-bond acceptors (Lipinski definition) is 5. The number of alkyl carbamates (subject to hydrolysis) is 1. The SMILES string of the molecule is CC1(NC(=O)OC(C)(C)C)CCN(c2ccc([N+](=O)[O-])cc2)CC1. The van der Waals surface area contributed by atoms with Gasteiger partial charge in [0.1, 0.15) is 5.60 Å². The fourth-order valence-electron chi connectivity index (χ4n) is 2.72. The summed E-state index contributed by atoms with van der Waals surface area (Å²) in [6.07, 6.45) is 1.17. The molecule has 7 heteroatoms. The predicted molar refractivity (Wildman–Crippen MR) is 92.3 cm³/mol. The number of nitrogens with zero attached hydrogens (tertiary/aromatic N) is 2. The van der Waals surface area contributed by atoms with E-state index < -0.39 is 16.6 Å². The van der Waals surface area contributed by atoms with Gasteiger partial charge >= 0.3 is 6.09 Å². The van der Waals surface area contributed by atoms with Crippen molar-refractivity contribution in [1.82, 2.24) is 5.32 Å². The minimum absolute atomic E-state index is 0.0900. The lowest BCUT2D eigenvalue weighted by atomic mass is 9.89. The highest BCUT2D eigenvalue weighted by molar-refractivity contribution is 5.68. The number of benzene rings is 1. The summed E-state index contributed by atoms with van der Waals surface area (Å²) in [6.45, 7) is 9.07. The van der Waals surface area contributed by atoms with Gasteiger partial charge in [0.2, 0.25) is 0 Å². The lowest BCUT2D eigenvalue weighted by molar-refractivity contribution is -0.384. The molecule has 1 amide bonds. The number of rotatable bonds is 3. The van der Waals surface area contributed by atoms with E-state index in [1.54, 1.807) is 12.1 Å². The van der Waals surface area contributed by atoms with Crippen molar-refractivity contribution in [1.29, 1.82) is 0 Å². The first-order valence-electron chi connectivity index (χ1n) is 8.09. The van der Waals surface area contributed by atoms with Crippen molar-refractivity contribution < 1.29 is 14.5 Å². The van der Waals surface area contributed by atoms with Crippen LogP contribution in [0.3, 0.4) is 0 Å². The monoisotopic (exact) mass is 335 g/mol. The fraction of sp³-hybridized carbons (Fsp3) is 0.588. The molecule has 1 N–H and O–H groups in total. The van der Waals surface area contributed by atoms with E-state index in [1.807, 2.05) is 27.7 Å². The molecule has 1 heterocycles. The maximum Gasteiger partial charge on any atom is 0.408 e. The zero-order valence-electron chi connectivity index (χ0n) is 14.7. The average molecular weight is 335 g/mol. The highest BCUT2D eigenvalue weighted by Crippen LogP contribution is 2.27. The number of anilines is 1. The molecule has 0 bridgehead atoms. The Labute approximate surface area is 142 Å². The summed E-state index contributed by atoms with van der Waals surface area (Å²) in [7, 11) is 0. The van der Waals surface area contributed by atoms with Crippen LogP contribution in [0.5, 0.6) is 0 Å². The summed E-state index contributed by atoms with van der Waals surface area (Å²) in [4.78, 5) is 24.5. The standard InChI is InChI=1S/C17H25N3O4/c1-16(2,3)24-15(21)18-17(4)9-11-19(12-10-17)13-5-7-14(8-6-13)20(22)23/h5-8H,9-12H2,1-4H3,(H,18,21). The van der Waals surface area contributed by atoms with Gasteiger partial charge in [0, 0.05) is 36.4 Å². The van der Waals surface area contributed by atoms with Gasteiger partial charge in [-0.25, -0.2) is 4.79 Å². The lowest BCUT2D eigenvalue weighted by Crippen LogP contribution is -2.54. The van der Waals surface area contributed by atoms with E-state index in [0.717, 1.165) is 31.6 Å². The summed E-state index contributed by atoms with van der Waals surface area (Å²) in [5, 5.41) is 13.7. The predicted octanol–water partition coefficient (Wildman–Crippen LogP) is 3.48. The first-order chi connectivity index (χ1) is 11.1. The van der Waals surface area contributed by atoms with Crippen LogP contribution in [-0.4, -0.2) is 35.2 Å². The number of nitro groups is 1. The van der Waals surface area contributed by atoms with Gasteiger partial charge in [-0.15, -0.1) is 0 Å². The topological polar surface area (TPSA) is 84.7 Å². The number of piperidine rings is 1. The molecule has 1 aromatic rings. The highest BCUT2D eigenvalue weighted by atomic mass is 16.6. The Balaban J connectivity index is 1.92. The van der Waals surface area contributed by atoms with Crippen LogP contribution >= 0.6 is 0 Å². The Morgan fingerprint density at radius 1 is 1.25 bits per heavy atom. The van der Waals surface area contributed by atoms with Crippen molar-refractivity contribution >= 4 is 17.5 Å². The molecule has 1 fully saturated rings. The summed E-state index contributed by atoms with van der Waals surface area (Å²) < 4.78 is 5.33. The van der Waals surface area contributed by atoms with Crippen LogP contribution in [0.15, 0.2) is 24.3 Å². The van der Waals surface area contributed by atoms with Gasteiger partial charge in [-0.3, -0.25) is 10.1 Å². The van der Waals surface area contributed by atoms with Gasteiger partial charge in [0.05, 0.1) is 4.92 Å². The number of ether oxygens (including phenoxy) is 1. The number of carbonyl (C=O) groups excluding carboxylic acids is 1. The fourth-order valence-corrected chi connectivity index (χ4v) is 2.72. The third kappa shape index (κ3) is 4.84. The maximum absolute atomic E-state index is 12.0. The van der Waals surface area contributed by atoms with Crippen molar-refractivity contribution in [2.75, 3.05) is 18.0 Å². The maximum atomic E-state index is 12.0. The summed E-state index contributed by atoms with van der Waals surface area (Å²) in [5.74, 6) is 0. The van der Waals surface area contributed by atoms with E-state index in [2.05, 4.69) is 10.2 Å². The molecule has 0 radical (unpaired) electrons. The molecule has 1 aliphatic rings. The Bertz CT molecular complexity index is 599. The zero-order valence-corrected chi connectivity index (χ0v) is 14.7. The van der Waals surface area contributed by atoms with Crippen LogP contribution in [0, 0.1) is 10.1 Å². The second kappa shape index (κ2) is 6.67. The molecule has 24 heavy (non-hydrogen) atoms. The normalized spacial score (nSPS) is 17.2. The first kappa shape index (κ1) is 18.0. The van der Waals surface area contributed by atoms with Crippen molar-refractivity contribution in [2.45, 2.75) is 51.7 Å². The third-order valence-electron chi connectivity index (χ3n) is 4.10. The summed E-state index contributed by atoms with van der Waals surface area (Å²) in [6, 6.07) is 6.56. The molecule has 0 aromatic heterocycles. The van der Waals surface area contributed by atoms with Crippen LogP contribution in [0.25, 0.3) is 0 Å². The quantitative estimate of drug-likeness (QED) is 0.675. The Morgan fingerprint density at radius 3 is 2.25 bits per heavy atom.